The molecule has 0 bridgehead atoms. The Kier molecular flexibility index (Phi) is 4.49. The number of hydrogen-bond acceptors (Lipinski definition) is 4. The maximum Gasteiger partial charge on any atom is 0.305 e. The van der Waals surface area contributed by atoms with Gasteiger partial charge in [-0.3, -0.25) is 13.9 Å². The number of carbonyl (C=O) groups excluding carboxylic acids is 1. The van der Waals surface area contributed by atoms with Gasteiger partial charge < -0.3 is 10.4 Å². The molecule has 0 atom stereocenters. The van der Waals surface area contributed by atoms with Gasteiger partial charge in [0.1, 0.15) is 0 Å². The van der Waals surface area contributed by atoms with Gasteiger partial charge in [-0.1, -0.05) is 0 Å². The Labute approximate surface area is 147 Å². The zero-order valence-electron chi connectivity index (χ0n) is 14.1. The molecule has 0 spiro atoms. The fourth-order valence-electron chi connectivity index (χ4n) is 3.53. The van der Waals surface area contributed by atoms with E-state index in [1.807, 2.05) is 0 Å². The molecular weight excluding hydrogens is 344 g/mol. The summed E-state index contributed by atoms with van der Waals surface area (Å²) in [6.45, 7) is 2.21. The van der Waals surface area contributed by atoms with Crippen molar-refractivity contribution in [2.75, 3.05) is 16.6 Å². The minimum absolute atomic E-state index is 0.0815. The summed E-state index contributed by atoms with van der Waals surface area (Å²) in [5.41, 5.74) is 1.01. The van der Waals surface area contributed by atoms with Crippen LogP contribution in [0.1, 0.15) is 48.0 Å². The van der Waals surface area contributed by atoms with Crippen molar-refractivity contribution >= 4 is 27.6 Å². The van der Waals surface area contributed by atoms with E-state index < -0.39 is 21.5 Å². The standard InChI is InChI=1S/C17H22N2O5S/c1-12-10-13(19-8-3-9-25(19,23)24)4-5-14(12)16(22)18-17(6-2-7-17)11-15(20)21/h4-5,10H,2-3,6-9,11H2,1H3,(H,18,22)(H,20,21). The number of carboxylic acid groups (broad SMARTS) is 1. The molecule has 2 aliphatic rings. The van der Waals surface area contributed by atoms with Gasteiger partial charge in [0.15, 0.2) is 0 Å². The van der Waals surface area contributed by atoms with Gasteiger partial charge in [-0.15, -0.1) is 0 Å². The Morgan fingerprint density at radius 2 is 2.00 bits per heavy atom. The summed E-state index contributed by atoms with van der Waals surface area (Å²) in [7, 11) is -3.26. The van der Waals surface area contributed by atoms with Gasteiger partial charge >= 0.3 is 5.97 Å². The Morgan fingerprint density at radius 1 is 1.28 bits per heavy atom. The summed E-state index contributed by atoms with van der Waals surface area (Å²) >= 11 is 0. The smallest absolute Gasteiger partial charge is 0.305 e. The van der Waals surface area contributed by atoms with Gasteiger partial charge in [-0.05, 0) is 56.4 Å². The molecule has 1 heterocycles. The molecule has 1 aromatic carbocycles. The second-order valence-corrected chi connectivity index (χ2v) is 8.91. The molecule has 0 radical (unpaired) electrons. The molecule has 7 nitrogen and oxygen atoms in total. The summed E-state index contributed by atoms with van der Waals surface area (Å²) in [5.74, 6) is -1.09. The van der Waals surface area contributed by atoms with Crippen LogP contribution >= 0.6 is 0 Å². The molecule has 136 valence electrons. The Morgan fingerprint density at radius 3 is 2.48 bits per heavy atom. The van der Waals surface area contributed by atoms with Crippen molar-refractivity contribution in [3.8, 4) is 0 Å². The van der Waals surface area contributed by atoms with Crippen LogP contribution in [0.15, 0.2) is 18.2 Å². The maximum atomic E-state index is 12.6. The number of benzene rings is 1. The molecule has 1 aliphatic heterocycles. The zero-order valence-corrected chi connectivity index (χ0v) is 14.9. The van der Waals surface area contributed by atoms with Gasteiger partial charge in [-0.2, -0.15) is 0 Å². The normalized spacial score (nSPS) is 20.8. The van der Waals surface area contributed by atoms with E-state index in [2.05, 4.69) is 5.32 Å². The third kappa shape index (κ3) is 3.49. The summed E-state index contributed by atoms with van der Waals surface area (Å²) in [6, 6.07) is 4.94. The number of carboxylic acids is 1. The van der Waals surface area contributed by atoms with Crippen molar-refractivity contribution in [3.63, 3.8) is 0 Å². The SMILES string of the molecule is Cc1cc(N2CCCS2(=O)=O)ccc1C(=O)NC1(CC(=O)O)CCC1. The number of anilines is 1. The van der Waals surface area contributed by atoms with E-state index in [9.17, 15) is 18.0 Å². The number of aryl methyl sites for hydroxylation is 1. The molecule has 1 amide bonds. The van der Waals surface area contributed by atoms with Crippen molar-refractivity contribution in [3.05, 3.63) is 29.3 Å². The van der Waals surface area contributed by atoms with Gasteiger partial charge in [0.2, 0.25) is 10.0 Å². The molecule has 0 aromatic heterocycles. The summed E-state index contributed by atoms with van der Waals surface area (Å²) < 4.78 is 25.4. The average molecular weight is 366 g/mol. The second kappa shape index (κ2) is 6.33. The van der Waals surface area contributed by atoms with E-state index in [0.717, 1.165) is 6.42 Å². The van der Waals surface area contributed by atoms with Crippen LogP contribution < -0.4 is 9.62 Å². The number of rotatable bonds is 5. The third-order valence-corrected chi connectivity index (χ3v) is 6.89. The highest BCUT2D eigenvalue weighted by Crippen LogP contribution is 2.35. The van der Waals surface area contributed by atoms with Crippen LogP contribution in [0.4, 0.5) is 5.69 Å². The first-order chi connectivity index (χ1) is 11.7. The van der Waals surface area contributed by atoms with Crippen molar-refractivity contribution in [1.82, 2.24) is 5.32 Å². The Balaban J connectivity index is 1.79. The zero-order chi connectivity index (χ0) is 18.2. The summed E-state index contributed by atoms with van der Waals surface area (Å²) in [4.78, 5) is 23.6. The van der Waals surface area contributed by atoms with E-state index in [1.54, 1.807) is 25.1 Å². The number of nitrogens with zero attached hydrogens (tertiary/aromatic N) is 1. The van der Waals surface area contributed by atoms with E-state index in [4.69, 9.17) is 5.11 Å². The quantitative estimate of drug-likeness (QED) is 0.825. The van der Waals surface area contributed by atoms with Crippen LogP contribution in [-0.2, 0) is 14.8 Å². The highest BCUT2D eigenvalue weighted by Gasteiger charge is 2.40. The Bertz CT molecular complexity index is 814. The third-order valence-electron chi connectivity index (χ3n) is 5.02. The van der Waals surface area contributed by atoms with E-state index >= 15 is 0 Å². The maximum absolute atomic E-state index is 12.6. The second-order valence-electron chi connectivity index (χ2n) is 6.90. The van der Waals surface area contributed by atoms with Crippen LogP contribution in [0, 0.1) is 6.92 Å². The molecule has 1 saturated heterocycles. The molecule has 25 heavy (non-hydrogen) atoms. The first-order valence-electron chi connectivity index (χ1n) is 8.38. The molecule has 2 N–H and O–H groups in total. The van der Waals surface area contributed by atoms with E-state index in [-0.39, 0.29) is 18.1 Å². The molecule has 2 fully saturated rings. The fourth-order valence-corrected chi connectivity index (χ4v) is 5.09. The van der Waals surface area contributed by atoms with Gasteiger partial charge in [-0.25, -0.2) is 8.42 Å². The number of aliphatic carboxylic acids is 1. The monoisotopic (exact) mass is 366 g/mol. The number of hydrogen-bond donors (Lipinski definition) is 2. The predicted molar refractivity (Wildman–Crippen MR) is 93.2 cm³/mol. The highest BCUT2D eigenvalue weighted by atomic mass is 32.2. The first kappa shape index (κ1) is 17.7. The lowest BCUT2D eigenvalue weighted by atomic mass is 9.74. The van der Waals surface area contributed by atoms with Crippen LogP contribution in [0.3, 0.4) is 0 Å². The van der Waals surface area contributed by atoms with Crippen LogP contribution in [-0.4, -0.2) is 43.2 Å². The largest absolute Gasteiger partial charge is 0.481 e. The number of amides is 1. The number of carbonyl (C=O) groups is 2. The number of sulfonamides is 1. The fraction of sp³-hybridized carbons (Fsp3) is 0.529. The highest BCUT2D eigenvalue weighted by molar-refractivity contribution is 7.93. The van der Waals surface area contributed by atoms with E-state index in [0.29, 0.717) is 42.6 Å². The lowest BCUT2D eigenvalue weighted by molar-refractivity contribution is -0.139. The molecule has 1 saturated carbocycles. The summed E-state index contributed by atoms with van der Waals surface area (Å²) in [5, 5.41) is 11.9. The van der Waals surface area contributed by atoms with Crippen molar-refractivity contribution in [2.24, 2.45) is 0 Å². The first-order valence-corrected chi connectivity index (χ1v) is 9.99. The predicted octanol–water partition coefficient (Wildman–Crippen LogP) is 1.66. The number of nitrogens with one attached hydrogen (secondary N) is 1. The van der Waals surface area contributed by atoms with Crippen molar-refractivity contribution < 1.29 is 23.1 Å². The summed E-state index contributed by atoms with van der Waals surface area (Å²) in [6.07, 6.45) is 2.74. The van der Waals surface area contributed by atoms with Gasteiger partial charge in [0.05, 0.1) is 23.4 Å². The van der Waals surface area contributed by atoms with Crippen LogP contribution in [0.2, 0.25) is 0 Å². The molecule has 0 unspecified atom stereocenters. The molecular formula is C17H22N2O5S. The lowest BCUT2D eigenvalue weighted by Crippen LogP contribution is -2.54. The van der Waals surface area contributed by atoms with Crippen LogP contribution in [0.25, 0.3) is 0 Å². The van der Waals surface area contributed by atoms with Gasteiger partial charge in [0.25, 0.3) is 5.91 Å². The minimum Gasteiger partial charge on any atom is -0.481 e. The minimum atomic E-state index is -3.26. The molecule has 1 aromatic rings. The Hall–Kier alpha value is -2.09. The lowest BCUT2D eigenvalue weighted by Gasteiger charge is -2.41. The molecule has 1 aliphatic carbocycles. The topological polar surface area (TPSA) is 104 Å². The average Bonchev–Trinajstić information content (AvgIpc) is 2.83. The van der Waals surface area contributed by atoms with Gasteiger partial charge in [0, 0.05) is 12.1 Å². The van der Waals surface area contributed by atoms with E-state index in [1.165, 1.54) is 4.31 Å². The van der Waals surface area contributed by atoms with Crippen molar-refractivity contribution in [1.29, 1.82) is 0 Å². The molecule has 3 rings (SSSR count). The van der Waals surface area contributed by atoms with Crippen LogP contribution in [0.5, 0.6) is 0 Å². The van der Waals surface area contributed by atoms with Crippen molar-refractivity contribution in [2.45, 2.75) is 44.6 Å². The molecule has 8 heteroatoms.